The van der Waals surface area contributed by atoms with Crippen molar-refractivity contribution in [2.45, 2.75) is 18.7 Å². The van der Waals surface area contributed by atoms with Crippen LogP contribution in [0, 0.1) is 6.92 Å². The summed E-state index contributed by atoms with van der Waals surface area (Å²) in [5.41, 5.74) is 1.86. The number of sulfone groups is 1. The standard InChI is InChI=1S/C19H17BrN2O3S2/c1-3-27(24,25)16-7-5-4-6-15(16)18(23)22-19-21-17(12(2)26-19)13-8-10-14(20)11-9-13/h4-11H,3H2,1-2H3,(H,21,22,23). The molecule has 140 valence electrons. The van der Waals surface area contributed by atoms with E-state index in [1.54, 1.807) is 19.1 Å². The number of anilines is 1. The number of aromatic nitrogens is 1. The Balaban J connectivity index is 1.90. The van der Waals surface area contributed by atoms with Crippen molar-refractivity contribution < 1.29 is 13.2 Å². The Kier molecular flexibility index (Phi) is 5.78. The van der Waals surface area contributed by atoms with Crippen LogP contribution in [0.2, 0.25) is 0 Å². The van der Waals surface area contributed by atoms with Crippen LogP contribution in [0.5, 0.6) is 0 Å². The third-order valence-electron chi connectivity index (χ3n) is 3.98. The number of halogens is 1. The van der Waals surface area contributed by atoms with Gasteiger partial charge in [0, 0.05) is 14.9 Å². The fourth-order valence-electron chi connectivity index (χ4n) is 2.57. The summed E-state index contributed by atoms with van der Waals surface area (Å²) in [6.07, 6.45) is 0. The number of nitrogens with one attached hydrogen (secondary N) is 1. The lowest BCUT2D eigenvalue weighted by Gasteiger charge is -2.08. The number of aryl methyl sites for hydroxylation is 1. The van der Waals surface area contributed by atoms with Crippen LogP contribution in [-0.2, 0) is 9.84 Å². The van der Waals surface area contributed by atoms with Gasteiger partial charge < -0.3 is 0 Å². The van der Waals surface area contributed by atoms with Gasteiger partial charge in [0.15, 0.2) is 15.0 Å². The summed E-state index contributed by atoms with van der Waals surface area (Å²) in [7, 11) is -3.50. The molecule has 0 bridgehead atoms. The summed E-state index contributed by atoms with van der Waals surface area (Å²) in [6, 6.07) is 14.0. The summed E-state index contributed by atoms with van der Waals surface area (Å²) < 4.78 is 25.5. The Hall–Kier alpha value is -2.03. The normalized spacial score (nSPS) is 11.4. The highest BCUT2D eigenvalue weighted by atomic mass is 79.9. The second kappa shape index (κ2) is 7.92. The molecule has 27 heavy (non-hydrogen) atoms. The van der Waals surface area contributed by atoms with Crippen LogP contribution in [0.25, 0.3) is 11.3 Å². The molecule has 0 fully saturated rings. The lowest BCUT2D eigenvalue weighted by atomic mass is 10.1. The first-order chi connectivity index (χ1) is 12.8. The molecule has 0 saturated heterocycles. The van der Waals surface area contributed by atoms with Crippen LogP contribution >= 0.6 is 27.3 Å². The van der Waals surface area contributed by atoms with Crippen molar-refractivity contribution in [3.63, 3.8) is 0 Å². The molecule has 1 amide bonds. The second-order valence-electron chi connectivity index (χ2n) is 5.78. The highest BCUT2D eigenvalue weighted by molar-refractivity contribution is 9.10. The Morgan fingerprint density at radius 3 is 2.48 bits per heavy atom. The first kappa shape index (κ1) is 19.7. The number of carbonyl (C=O) groups is 1. The second-order valence-corrected chi connectivity index (χ2v) is 10.1. The fourth-order valence-corrected chi connectivity index (χ4v) is 4.76. The quantitative estimate of drug-likeness (QED) is 0.580. The number of hydrogen-bond acceptors (Lipinski definition) is 5. The van der Waals surface area contributed by atoms with E-state index in [0.29, 0.717) is 5.13 Å². The molecule has 1 aromatic heterocycles. The zero-order valence-corrected chi connectivity index (χ0v) is 17.9. The molecule has 0 spiro atoms. The highest BCUT2D eigenvalue weighted by Gasteiger charge is 2.21. The molecule has 2 aromatic carbocycles. The molecule has 1 heterocycles. The zero-order valence-electron chi connectivity index (χ0n) is 14.7. The molecule has 8 heteroatoms. The van der Waals surface area contributed by atoms with E-state index in [2.05, 4.69) is 26.2 Å². The summed E-state index contributed by atoms with van der Waals surface area (Å²) in [5, 5.41) is 3.16. The molecule has 0 aliphatic heterocycles. The Labute approximate surface area is 170 Å². The van der Waals surface area contributed by atoms with Gasteiger partial charge in [-0.3, -0.25) is 10.1 Å². The van der Waals surface area contributed by atoms with E-state index in [4.69, 9.17) is 0 Å². The van der Waals surface area contributed by atoms with Gasteiger partial charge in [0.25, 0.3) is 5.91 Å². The van der Waals surface area contributed by atoms with Gasteiger partial charge in [-0.05, 0) is 31.2 Å². The lowest BCUT2D eigenvalue weighted by Crippen LogP contribution is -2.17. The van der Waals surface area contributed by atoms with Crippen molar-refractivity contribution in [3.8, 4) is 11.3 Å². The van der Waals surface area contributed by atoms with Crippen LogP contribution in [0.3, 0.4) is 0 Å². The van der Waals surface area contributed by atoms with E-state index >= 15 is 0 Å². The number of benzene rings is 2. The molecular weight excluding hydrogens is 448 g/mol. The number of rotatable bonds is 5. The number of carbonyl (C=O) groups excluding carboxylic acids is 1. The minimum Gasteiger partial charge on any atom is -0.298 e. The highest BCUT2D eigenvalue weighted by Crippen LogP contribution is 2.31. The average molecular weight is 465 g/mol. The molecule has 5 nitrogen and oxygen atoms in total. The fraction of sp³-hybridized carbons (Fsp3) is 0.158. The van der Waals surface area contributed by atoms with Crippen LogP contribution < -0.4 is 5.32 Å². The molecule has 0 aliphatic rings. The maximum atomic E-state index is 12.7. The summed E-state index contributed by atoms with van der Waals surface area (Å²) in [5.74, 6) is -0.555. The maximum Gasteiger partial charge on any atom is 0.258 e. The maximum absolute atomic E-state index is 12.7. The van der Waals surface area contributed by atoms with Crippen LogP contribution in [0.15, 0.2) is 57.9 Å². The van der Waals surface area contributed by atoms with E-state index < -0.39 is 15.7 Å². The topological polar surface area (TPSA) is 76.1 Å². The van der Waals surface area contributed by atoms with Gasteiger partial charge in [0.05, 0.1) is 21.9 Å². The predicted octanol–water partition coefficient (Wildman–Crippen LogP) is 4.93. The van der Waals surface area contributed by atoms with Crippen molar-refractivity contribution in [1.29, 1.82) is 0 Å². The lowest BCUT2D eigenvalue weighted by molar-refractivity contribution is 0.102. The SMILES string of the molecule is CCS(=O)(=O)c1ccccc1C(=O)Nc1nc(-c2ccc(Br)cc2)c(C)s1. The van der Waals surface area contributed by atoms with E-state index in [-0.39, 0.29) is 16.2 Å². The molecule has 0 radical (unpaired) electrons. The molecule has 3 rings (SSSR count). The average Bonchev–Trinajstić information content (AvgIpc) is 3.02. The van der Waals surface area contributed by atoms with Crippen LogP contribution in [0.1, 0.15) is 22.2 Å². The smallest absolute Gasteiger partial charge is 0.258 e. The number of hydrogen-bond donors (Lipinski definition) is 1. The van der Waals surface area contributed by atoms with Crippen molar-refractivity contribution in [1.82, 2.24) is 4.98 Å². The Bertz CT molecular complexity index is 1090. The van der Waals surface area contributed by atoms with Crippen molar-refractivity contribution in [2.24, 2.45) is 0 Å². The zero-order chi connectivity index (χ0) is 19.6. The largest absolute Gasteiger partial charge is 0.298 e. The molecule has 0 saturated carbocycles. The first-order valence-electron chi connectivity index (χ1n) is 8.18. The van der Waals surface area contributed by atoms with Crippen LogP contribution in [-0.4, -0.2) is 25.1 Å². The molecule has 0 unspecified atom stereocenters. The van der Waals surface area contributed by atoms with E-state index in [0.717, 1.165) is 20.6 Å². The van der Waals surface area contributed by atoms with Gasteiger partial charge in [0.1, 0.15) is 0 Å². The molecule has 1 N–H and O–H groups in total. The van der Waals surface area contributed by atoms with E-state index in [1.165, 1.54) is 23.5 Å². The van der Waals surface area contributed by atoms with Gasteiger partial charge in [-0.1, -0.05) is 47.1 Å². The van der Waals surface area contributed by atoms with Crippen LogP contribution in [0.4, 0.5) is 5.13 Å². The summed E-state index contributed by atoms with van der Waals surface area (Å²) >= 11 is 4.76. The van der Waals surface area contributed by atoms with Gasteiger partial charge in [-0.15, -0.1) is 11.3 Å². The third-order valence-corrected chi connectivity index (χ3v) is 7.18. The third kappa shape index (κ3) is 4.28. The van der Waals surface area contributed by atoms with Gasteiger partial charge in [-0.25, -0.2) is 13.4 Å². The molecular formula is C19H17BrN2O3S2. The summed E-state index contributed by atoms with van der Waals surface area (Å²) in [4.78, 5) is 18.2. The van der Waals surface area contributed by atoms with Crippen molar-refractivity contribution in [3.05, 3.63) is 63.4 Å². The molecule has 0 atom stereocenters. The number of thiazole rings is 1. The van der Waals surface area contributed by atoms with E-state index in [9.17, 15) is 13.2 Å². The number of amides is 1. The van der Waals surface area contributed by atoms with Gasteiger partial charge >= 0.3 is 0 Å². The first-order valence-corrected chi connectivity index (χ1v) is 11.4. The predicted molar refractivity (Wildman–Crippen MR) is 112 cm³/mol. The van der Waals surface area contributed by atoms with Crippen molar-refractivity contribution >= 4 is 48.1 Å². The molecule has 3 aromatic rings. The minimum atomic E-state index is -3.50. The number of nitrogens with zero attached hydrogens (tertiary/aromatic N) is 1. The van der Waals surface area contributed by atoms with Gasteiger partial charge in [-0.2, -0.15) is 0 Å². The Morgan fingerprint density at radius 2 is 1.81 bits per heavy atom. The summed E-state index contributed by atoms with van der Waals surface area (Å²) in [6.45, 7) is 3.49. The van der Waals surface area contributed by atoms with Crippen molar-refractivity contribution in [2.75, 3.05) is 11.1 Å². The minimum absolute atomic E-state index is 0.0337. The van der Waals surface area contributed by atoms with Gasteiger partial charge in [0.2, 0.25) is 0 Å². The van der Waals surface area contributed by atoms with E-state index in [1.807, 2.05) is 31.2 Å². The monoisotopic (exact) mass is 464 g/mol. The Morgan fingerprint density at radius 1 is 1.15 bits per heavy atom. The molecule has 0 aliphatic carbocycles.